The van der Waals surface area contributed by atoms with E-state index in [1.165, 1.54) is 35.9 Å². The topological polar surface area (TPSA) is 36.9 Å². The van der Waals surface area contributed by atoms with Gasteiger partial charge in [0, 0.05) is 54.5 Å². The second kappa shape index (κ2) is 4.96. The number of likely N-dealkylation sites (N-methyl/N-ethyl adjacent to an activating group) is 1. The lowest BCUT2D eigenvalue weighted by Crippen LogP contribution is -2.48. The molecular weight excluding hydrogens is 284 g/mol. The lowest BCUT2D eigenvalue weighted by molar-refractivity contribution is 0.103. The summed E-state index contributed by atoms with van der Waals surface area (Å²) in [4.78, 5) is 10.2. The Morgan fingerprint density at radius 1 is 1.35 bits per heavy atom. The van der Waals surface area contributed by atoms with Crippen LogP contribution in [-0.4, -0.2) is 39.1 Å². The zero-order valence-electron chi connectivity index (χ0n) is 13.4. The van der Waals surface area contributed by atoms with Gasteiger partial charge in [0.15, 0.2) is 0 Å². The molecule has 0 unspecified atom stereocenters. The third-order valence-corrected chi connectivity index (χ3v) is 5.84. The number of imidazole rings is 1. The van der Waals surface area contributed by atoms with Gasteiger partial charge in [-0.05, 0) is 43.0 Å². The van der Waals surface area contributed by atoms with Gasteiger partial charge < -0.3 is 14.5 Å². The SMILES string of the molecule is CN1C[C@@H](Cn2ccnc2)C[C@@H]2c3cccc4[nH]cc(c34)C[C@H]21. The van der Waals surface area contributed by atoms with Crippen LogP contribution in [0.25, 0.3) is 10.9 Å². The summed E-state index contributed by atoms with van der Waals surface area (Å²) in [6, 6.07) is 7.41. The number of hydrogen-bond donors (Lipinski definition) is 1. The van der Waals surface area contributed by atoms with E-state index in [-0.39, 0.29) is 0 Å². The number of fused-ring (bicyclic) bond motifs is 2. The Morgan fingerprint density at radius 3 is 3.17 bits per heavy atom. The van der Waals surface area contributed by atoms with Crippen LogP contribution in [0.1, 0.15) is 23.5 Å². The second-order valence-corrected chi connectivity index (χ2v) is 7.26. The summed E-state index contributed by atoms with van der Waals surface area (Å²) >= 11 is 0. The molecule has 1 aromatic carbocycles. The largest absolute Gasteiger partial charge is 0.361 e. The van der Waals surface area contributed by atoms with Crippen LogP contribution in [0.3, 0.4) is 0 Å². The average molecular weight is 306 g/mol. The van der Waals surface area contributed by atoms with Crippen molar-refractivity contribution in [3.8, 4) is 0 Å². The summed E-state index contributed by atoms with van der Waals surface area (Å²) in [6.07, 6.45) is 10.6. The van der Waals surface area contributed by atoms with Crippen molar-refractivity contribution in [3.63, 3.8) is 0 Å². The fourth-order valence-electron chi connectivity index (χ4n) is 4.88. The number of aromatic nitrogens is 3. The summed E-state index contributed by atoms with van der Waals surface area (Å²) in [5.74, 6) is 1.33. The molecule has 0 saturated carbocycles. The minimum Gasteiger partial charge on any atom is -0.361 e. The lowest BCUT2D eigenvalue weighted by atomic mass is 9.72. The number of likely N-dealkylation sites (tertiary alicyclic amines) is 1. The van der Waals surface area contributed by atoms with Gasteiger partial charge in [0.2, 0.25) is 0 Å². The van der Waals surface area contributed by atoms with Gasteiger partial charge in [-0.3, -0.25) is 0 Å². The van der Waals surface area contributed by atoms with Gasteiger partial charge in [0.05, 0.1) is 6.33 Å². The minimum absolute atomic E-state index is 0.642. The number of nitrogens with zero attached hydrogens (tertiary/aromatic N) is 3. The first-order valence-electron chi connectivity index (χ1n) is 8.54. The van der Waals surface area contributed by atoms with Crippen molar-refractivity contribution in [2.24, 2.45) is 5.92 Å². The highest BCUT2D eigenvalue weighted by Gasteiger charge is 2.39. The van der Waals surface area contributed by atoms with Crippen molar-refractivity contribution < 1.29 is 0 Å². The van der Waals surface area contributed by atoms with Gasteiger partial charge in [-0.15, -0.1) is 0 Å². The molecule has 1 N–H and O–H groups in total. The summed E-state index contributed by atoms with van der Waals surface area (Å²) in [5.41, 5.74) is 4.35. The van der Waals surface area contributed by atoms with Crippen molar-refractivity contribution >= 4 is 10.9 Å². The first-order chi connectivity index (χ1) is 11.3. The van der Waals surface area contributed by atoms with Gasteiger partial charge in [-0.25, -0.2) is 4.98 Å². The highest BCUT2D eigenvalue weighted by Crippen LogP contribution is 2.44. The molecule has 3 heterocycles. The number of H-pyrrole nitrogens is 1. The number of nitrogens with one attached hydrogen (secondary N) is 1. The van der Waals surface area contributed by atoms with Crippen molar-refractivity contribution in [2.45, 2.75) is 31.3 Å². The van der Waals surface area contributed by atoms with Crippen LogP contribution in [0, 0.1) is 5.92 Å². The van der Waals surface area contributed by atoms with E-state index in [9.17, 15) is 0 Å². The maximum Gasteiger partial charge on any atom is 0.0946 e. The van der Waals surface area contributed by atoms with E-state index in [2.05, 4.69) is 57.1 Å². The number of benzene rings is 1. The lowest BCUT2D eigenvalue weighted by Gasteiger charge is -2.45. The van der Waals surface area contributed by atoms with Crippen molar-refractivity contribution in [1.82, 2.24) is 19.4 Å². The van der Waals surface area contributed by atoms with E-state index in [1.54, 1.807) is 5.56 Å². The molecule has 4 heteroatoms. The van der Waals surface area contributed by atoms with Crippen LogP contribution < -0.4 is 0 Å². The van der Waals surface area contributed by atoms with Crippen molar-refractivity contribution in [3.05, 3.63) is 54.2 Å². The Hall–Kier alpha value is -2.07. The molecule has 0 bridgehead atoms. The number of hydrogen-bond acceptors (Lipinski definition) is 2. The van der Waals surface area contributed by atoms with E-state index < -0.39 is 0 Å². The van der Waals surface area contributed by atoms with E-state index in [0.717, 1.165) is 6.54 Å². The van der Waals surface area contributed by atoms with Crippen LogP contribution in [0.2, 0.25) is 0 Å². The highest BCUT2D eigenvalue weighted by molar-refractivity contribution is 5.88. The Bertz CT molecular complexity index is 832. The second-order valence-electron chi connectivity index (χ2n) is 7.26. The van der Waals surface area contributed by atoms with E-state index >= 15 is 0 Å². The zero-order valence-corrected chi connectivity index (χ0v) is 13.4. The number of piperidine rings is 1. The first-order valence-corrected chi connectivity index (χ1v) is 8.54. The molecule has 5 rings (SSSR count). The molecule has 3 aromatic rings. The first kappa shape index (κ1) is 13.4. The predicted octanol–water partition coefficient (Wildman–Crippen LogP) is 3.02. The van der Waals surface area contributed by atoms with Crippen LogP contribution in [-0.2, 0) is 13.0 Å². The fraction of sp³-hybridized carbons (Fsp3) is 0.421. The molecule has 23 heavy (non-hydrogen) atoms. The van der Waals surface area contributed by atoms with E-state index in [1.807, 2.05) is 12.5 Å². The smallest absolute Gasteiger partial charge is 0.0946 e. The molecule has 1 saturated heterocycles. The Kier molecular flexibility index (Phi) is 2.89. The van der Waals surface area contributed by atoms with Gasteiger partial charge in [0.1, 0.15) is 0 Å². The summed E-state index contributed by atoms with van der Waals surface area (Å²) in [6.45, 7) is 2.25. The Labute approximate surface area is 136 Å². The molecule has 118 valence electrons. The maximum absolute atomic E-state index is 4.19. The molecule has 0 amide bonds. The quantitative estimate of drug-likeness (QED) is 0.790. The van der Waals surface area contributed by atoms with Gasteiger partial charge in [-0.2, -0.15) is 0 Å². The summed E-state index contributed by atoms with van der Waals surface area (Å²) < 4.78 is 2.23. The number of rotatable bonds is 2. The molecule has 1 aliphatic heterocycles. The molecule has 2 aromatic heterocycles. The van der Waals surface area contributed by atoms with Gasteiger partial charge in [0.25, 0.3) is 0 Å². The summed E-state index contributed by atoms with van der Waals surface area (Å²) in [7, 11) is 2.30. The third kappa shape index (κ3) is 2.05. The molecule has 0 radical (unpaired) electrons. The van der Waals surface area contributed by atoms with Gasteiger partial charge in [-0.1, -0.05) is 12.1 Å². The fourth-order valence-corrected chi connectivity index (χ4v) is 4.88. The van der Waals surface area contributed by atoms with Crippen molar-refractivity contribution in [1.29, 1.82) is 0 Å². The zero-order chi connectivity index (χ0) is 15.4. The van der Waals surface area contributed by atoms with Crippen LogP contribution in [0.15, 0.2) is 43.1 Å². The van der Waals surface area contributed by atoms with Crippen molar-refractivity contribution in [2.75, 3.05) is 13.6 Å². The molecule has 1 fully saturated rings. The normalized spacial score (nSPS) is 27.3. The van der Waals surface area contributed by atoms with Crippen LogP contribution >= 0.6 is 0 Å². The standard InChI is InChI=1S/C19H22N4/c1-22-10-13(11-23-6-5-20-12-23)7-16-15-3-2-4-17-19(15)14(9-21-17)8-18(16)22/h2-6,9,12-13,16,18,21H,7-8,10-11H2,1H3/t13-,16+,18+/m0/s1. The van der Waals surface area contributed by atoms with E-state index in [0.29, 0.717) is 17.9 Å². The molecule has 4 nitrogen and oxygen atoms in total. The van der Waals surface area contributed by atoms with Crippen LogP contribution in [0.5, 0.6) is 0 Å². The van der Waals surface area contributed by atoms with E-state index in [4.69, 9.17) is 0 Å². The maximum atomic E-state index is 4.19. The van der Waals surface area contributed by atoms with Crippen LogP contribution in [0.4, 0.5) is 0 Å². The van der Waals surface area contributed by atoms with Gasteiger partial charge >= 0.3 is 0 Å². The Balaban J connectivity index is 1.52. The number of aromatic amines is 1. The molecule has 3 atom stereocenters. The third-order valence-electron chi connectivity index (χ3n) is 5.84. The highest BCUT2D eigenvalue weighted by atomic mass is 15.2. The molecule has 2 aliphatic rings. The molecule has 0 spiro atoms. The molecule has 1 aliphatic carbocycles. The average Bonchev–Trinajstić information content (AvgIpc) is 3.20. The minimum atomic E-state index is 0.642. The predicted molar refractivity (Wildman–Crippen MR) is 91.5 cm³/mol. The molecular formula is C19H22N4. The summed E-state index contributed by atoms with van der Waals surface area (Å²) in [5, 5.41) is 1.49. The Morgan fingerprint density at radius 2 is 2.30 bits per heavy atom. The monoisotopic (exact) mass is 306 g/mol.